The van der Waals surface area contributed by atoms with Crippen LogP contribution >= 0.6 is 11.6 Å². The number of hydrogen-bond acceptors (Lipinski definition) is 8. The number of carbonyl (C=O) groups is 1. The smallest absolute Gasteiger partial charge is 0.407 e. The highest BCUT2D eigenvalue weighted by Gasteiger charge is 2.16. The molecule has 0 radical (unpaired) electrons. The maximum absolute atomic E-state index is 11.6. The molecule has 1 heterocycles. The fraction of sp³-hybridized carbons (Fsp3) is 0.444. The molecule has 0 atom stereocenters. The van der Waals surface area contributed by atoms with Gasteiger partial charge < -0.3 is 19.6 Å². The largest absolute Gasteiger partial charge is 0.465 e. The van der Waals surface area contributed by atoms with Crippen LogP contribution in [0, 0.1) is 6.92 Å². The number of amides is 1. The third-order valence-electron chi connectivity index (χ3n) is 4.08. The highest BCUT2D eigenvalue weighted by atomic mass is 35.5. The van der Waals surface area contributed by atoms with E-state index in [0.29, 0.717) is 11.0 Å². The normalized spacial score (nSPS) is 10.6. The molecule has 2 aromatic rings. The second-order valence-electron chi connectivity index (χ2n) is 6.42. The Morgan fingerprint density at radius 2 is 1.86 bits per heavy atom. The van der Waals surface area contributed by atoms with Crippen LogP contribution in [-0.2, 0) is 11.4 Å². The molecular formula is C18H25ClN6O4. The predicted molar refractivity (Wildman–Crippen MR) is 110 cm³/mol. The Bertz CT molecular complexity index is 851. The Hall–Kier alpha value is -2.85. The number of nitrogens with zero attached hydrogens (tertiary/aromatic N) is 6. The fourth-order valence-electron chi connectivity index (χ4n) is 2.35. The Morgan fingerprint density at radius 3 is 2.45 bits per heavy atom. The second-order valence-corrected chi connectivity index (χ2v) is 6.85. The molecule has 10 nitrogen and oxygen atoms in total. The number of halogens is 1. The van der Waals surface area contributed by atoms with Crippen molar-refractivity contribution in [3.05, 3.63) is 34.3 Å². The van der Waals surface area contributed by atoms with Crippen LogP contribution in [0.15, 0.2) is 18.2 Å². The lowest BCUT2D eigenvalue weighted by molar-refractivity contribution is 0.130. The molecule has 0 spiro atoms. The van der Waals surface area contributed by atoms with Gasteiger partial charge in [-0.2, -0.15) is 15.0 Å². The molecule has 1 N–H and O–H groups in total. The van der Waals surface area contributed by atoms with Gasteiger partial charge in [0.25, 0.3) is 5.95 Å². The number of benzene rings is 1. The second kappa shape index (κ2) is 10.1. The van der Waals surface area contributed by atoms with E-state index in [1.807, 2.05) is 13.0 Å². The van der Waals surface area contributed by atoms with Gasteiger partial charge in [-0.15, -0.1) is 0 Å². The van der Waals surface area contributed by atoms with Crippen LogP contribution in [0.3, 0.4) is 0 Å². The van der Waals surface area contributed by atoms with Crippen molar-refractivity contribution in [1.82, 2.24) is 19.9 Å². The van der Waals surface area contributed by atoms with Gasteiger partial charge in [0.2, 0.25) is 5.95 Å². The van der Waals surface area contributed by atoms with Gasteiger partial charge in [-0.25, -0.2) is 9.86 Å². The van der Waals surface area contributed by atoms with E-state index in [1.54, 1.807) is 38.2 Å². The van der Waals surface area contributed by atoms with Crippen LogP contribution < -0.4 is 14.7 Å². The molecule has 29 heavy (non-hydrogen) atoms. The van der Waals surface area contributed by atoms with E-state index in [2.05, 4.69) is 15.0 Å². The molecule has 0 bridgehead atoms. The molecule has 0 aliphatic carbocycles. The maximum atomic E-state index is 11.6. The first-order chi connectivity index (χ1) is 13.7. The van der Waals surface area contributed by atoms with Gasteiger partial charge in [0.1, 0.15) is 6.61 Å². The quantitative estimate of drug-likeness (QED) is 0.607. The van der Waals surface area contributed by atoms with Crippen molar-refractivity contribution < 1.29 is 19.5 Å². The molecular weight excluding hydrogens is 400 g/mol. The zero-order valence-corrected chi connectivity index (χ0v) is 17.8. The molecule has 0 aliphatic rings. The van der Waals surface area contributed by atoms with E-state index in [1.165, 1.54) is 17.1 Å². The third-order valence-corrected chi connectivity index (χ3v) is 4.31. The summed E-state index contributed by atoms with van der Waals surface area (Å²) >= 11 is 5.96. The van der Waals surface area contributed by atoms with Crippen molar-refractivity contribution in [1.29, 1.82) is 0 Å². The molecule has 0 saturated heterocycles. The minimum atomic E-state index is -1.05. The summed E-state index contributed by atoms with van der Waals surface area (Å²) in [6.07, 6.45) is -1.05. The first-order valence-electron chi connectivity index (χ1n) is 8.78. The summed E-state index contributed by atoms with van der Waals surface area (Å²) in [4.78, 5) is 32.3. The minimum absolute atomic E-state index is 0.0754. The average molecular weight is 425 g/mol. The van der Waals surface area contributed by atoms with E-state index < -0.39 is 6.09 Å². The maximum Gasteiger partial charge on any atom is 0.407 e. The van der Waals surface area contributed by atoms with Crippen LogP contribution in [0.5, 0.6) is 6.01 Å². The lowest BCUT2D eigenvalue weighted by atomic mass is 10.1. The number of hydrogen-bond donors (Lipinski definition) is 1. The van der Waals surface area contributed by atoms with Gasteiger partial charge in [-0.05, 0) is 30.2 Å². The highest BCUT2D eigenvalue weighted by molar-refractivity contribution is 6.30. The lowest BCUT2D eigenvalue weighted by Gasteiger charge is -2.21. The summed E-state index contributed by atoms with van der Waals surface area (Å²) in [6, 6.07) is 5.43. The number of carboxylic acid groups (broad SMARTS) is 1. The van der Waals surface area contributed by atoms with Crippen molar-refractivity contribution in [3.8, 4) is 6.01 Å². The molecule has 1 aromatic heterocycles. The highest BCUT2D eigenvalue weighted by Crippen LogP contribution is 2.18. The lowest BCUT2D eigenvalue weighted by Crippen LogP contribution is -2.33. The zero-order valence-electron chi connectivity index (χ0n) is 17.1. The molecule has 0 saturated carbocycles. The summed E-state index contributed by atoms with van der Waals surface area (Å²) in [6.45, 7) is 2.32. The third kappa shape index (κ3) is 6.33. The Kier molecular flexibility index (Phi) is 7.80. The first-order valence-corrected chi connectivity index (χ1v) is 9.16. The van der Waals surface area contributed by atoms with E-state index in [-0.39, 0.29) is 31.7 Å². The average Bonchev–Trinajstić information content (AvgIpc) is 2.67. The Morgan fingerprint density at radius 1 is 1.17 bits per heavy atom. The van der Waals surface area contributed by atoms with E-state index in [0.717, 1.165) is 11.1 Å². The van der Waals surface area contributed by atoms with Gasteiger partial charge in [0, 0.05) is 32.7 Å². The number of aromatic nitrogens is 3. The molecule has 1 amide bonds. The molecule has 0 aliphatic heterocycles. The SMILES string of the molecule is CON(C)c1nc(OCCN(Cc2ccc(Cl)cc2C)C(=O)O)nc(N(C)C)n1. The zero-order chi connectivity index (χ0) is 21.6. The van der Waals surface area contributed by atoms with Gasteiger partial charge in [-0.1, -0.05) is 17.7 Å². The van der Waals surface area contributed by atoms with Gasteiger partial charge >= 0.3 is 12.1 Å². The van der Waals surface area contributed by atoms with Crippen LogP contribution in [0.4, 0.5) is 16.7 Å². The number of hydroxylamine groups is 1. The summed E-state index contributed by atoms with van der Waals surface area (Å²) in [5.41, 5.74) is 1.79. The number of anilines is 2. The van der Waals surface area contributed by atoms with E-state index in [9.17, 15) is 9.90 Å². The van der Waals surface area contributed by atoms with Gasteiger partial charge in [0.05, 0.1) is 13.7 Å². The molecule has 2 rings (SSSR count). The van der Waals surface area contributed by atoms with Gasteiger partial charge in [-0.3, -0.25) is 4.84 Å². The van der Waals surface area contributed by atoms with E-state index >= 15 is 0 Å². The van der Waals surface area contributed by atoms with Crippen LogP contribution in [-0.4, -0.2) is 72.5 Å². The number of ether oxygens (including phenoxy) is 1. The summed E-state index contributed by atoms with van der Waals surface area (Å²) in [5.74, 6) is 0.661. The first kappa shape index (κ1) is 22.4. The topological polar surface area (TPSA) is 104 Å². The Labute approximate surface area is 174 Å². The van der Waals surface area contributed by atoms with Crippen molar-refractivity contribution in [2.24, 2.45) is 0 Å². The molecule has 0 unspecified atom stereocenters. The standard InChI is InChI=1S/C18H25ClN6O4/c1-12-10-14(19)7-6-13(12)11-25(18(26)27)8-9-29-17-21-15(23(2)3)20-16(22-17)24(4)28-5/h6-7,10H,8-9,11H2,1-5H3,(H,26,27). The van der Waals surface area contributed by atoms with Crippen molar-refractivity contribution in [2.75, 3.05) is 51.4 Å². The molecule has 158 valence electrons. The van der Waals surface area contributed by atoms with Crippen LogP contribution in [0.25, 0.3) is 0 Å². The predicted octanol–water partition coefficient (Wildman–Crippen LogP) is 2.46. The summed E-state index contributed by atoms with van der Waals surface area (Å²) in [5, 5.41) is 11.5. The molecule has 0 fully saturated rings. The van der Waals surface area contributed by atoms with Crippen molar-refractivity contribution >= 4 is 29.6 Å². The monoisotopic (exact) mass is 424 g/mol. The Balaban J connectivity index is 2.07. The minimum Gasteiger partial charge on any atom is -0.465 e. The fourth-order valence-corrected chi connectivity index (χ4v) is 2.58. The number of rotatable bonds is 9. The van der Waals surface area contributed by atoms with Crippen LogP contribution in [0.1, 0.15) is 11.1 Å². The van der Waals surface area contributed by atoms with Crippen molar-refractivity contribution in [2.45, 2.75) is 13.5 Å². The summed E-state index contributed by atoms with van der Waals surface area (Å²) in [7, 11) is 6.72. The van der Waals surface area contributed by atoms with E-state index in [4.69, 9.17) is 21.2 Å². The van der Waals surface area contributed by atoms with Crippen LogP contribution in [0.2, 0.25) is 5.02 Å². The van der Waals surface area contributed by atoms with Gasteiger partial charge in [0.15, 0.2) is 0 Å². The molecule has 1 aromatic carbocycles. The number of aryl methyl sites for hydroxylation is 1. The summed E-state index contributed by atoms with van der Waals surface area (Å²) < 4.78 is 5.60. The molecule has 11 heteroatoms. The van der Waals surface area contributed by atoms with Crippen molar-refractivity contribution in [3.63, 3.8) is 0 Å².